The normalized spacial score (nSPS) is 40.8. The van der Waals surface area contributed by atoms with Crippen LogP contribution >= 0.6 is 0 Å². The van der Waals surface area contributed by atoms with Gasteiger partial charge >= 0.3 is 5.97 Å². The van der Waals surface area contributed by atoms with Crippen molar-refractivity contribution in [1.82, 2.24) is 0 Å². The number of hydrogen-bond acceptors (Lipinski definition) is 1. The number of carboxylic acids is 1. The van der Waals surface area contributed by atoms with Gasteiger partial charge in [-0.3, -0.25) is 4.79 Å². The lowest BCUT2D eigenvalue weighted by molar-refractivity contribution is -0.138. The van der Waals surface area contributed by atoms with Gasteiger partial charge in [-0.1, -0.05) is 13.8 Å². The Labute approximate surface area is 85.7 Å². The first kappa shape index (κ1) is 10.0. The molecule has 0 aromatic heterocycles. The lowest BCUT2D eigenvalue weighted by Gasteiger charge is -2.29. The van der Waals surface area contributed by atoms with Gasteiger partial charge in [-0.05, 0) is 48.9 Å². The van der Waals surface area contributed by atoms with Gasteiger partial charge in [0.15, 0.2) is 0 Å². The molecule has 0 radical (unpaired) electrons. The third-order valence-corrected chi connectivity index (χ3v) is 4.35. The van der Waals surface area contributed by atoms with Crippen molar-refractivity contribution in [2.24, 2.45) is 29.6 Å². The second-order valence-electron chi connectivity index (χ2n) is 5.49. The van der Waals surface area contributed by atoms with Gasteiger partial charge in [0.05, 0.1) is 0 Å². The van der Waals surface area contributed by atoms with E-state index in [1.165, 1.54) is 19.3 Å². The standard InChI is InChI=1S/C12H20O2/c1-7(2)11-5-8-3-10(11)4-9(8)6-12(13)14/h7-11H,3-6H2,1-2H3,(H,13,14). The van der Waals surface area contributed by atoms with Crippen molar-refractivity contribution in [2.45, 2.75) is 39.5 Å². The average Bonchev–Trinajstić information content (AvgIpc) is 2.60. The highest BCUT2D eigenvalue weighted by atomic mass is 16.4. The van der Waals surface area contributed by atoms with Gasteiger partial charge in [0, 0.05) is 6.42 Å². The third kappa shape index (κ3) is 1.67. The monoisotopic (exact) mass is 196 g/mol. The Hall–Kier alpha value is -0.530. The van der Waals surface area contributed by atoms with Crippen LogP contribution < -0.4 is 0 Å². The summed E-state index contributed by atoms with van der Waals surface area (Å²) in [7, 11) is 0. The largest absolute Gasteiger partial charge is 0.481 e. The van der Waals surface area contributed by atoms with Crippen molar-refractivity contribution in [3.8, 4) is 0 Å². The minimum absolute atomic E-state index is 0.409. The molecule has 0 aromatic carbocycles. The van der Waals surface area contributed by atoms with E-state index >= 15 is 0 Å². The maximum absolute atomic E-state index is 10.6. The number of aliphatic carboxylic acids is 1. The van der Waals surface area contributed by atoms with E-state index in [4.69, 9.17) is 5.11 Å². The quantitative estimate of drug-likeness (QED) is 0.753. The first-order chi connectivity index (χ1) is 6.58. The molecule has 1 N–H and O–H groups in total. The molecule has 2 nitrogen and oxygen atoms in total. The van der Waals surface area contributed by atoms with Gasteiger partial charge in [-0.25, -0.2) is 0 Å². The molecule has 4 atom stereocenters. The second-order valence-corrected chi connectivity index (χ2v) is 5.49. The Morgan fingerprint density at radius 2 is 2.00 bits per heavy atom. The fraction of sp³-hybridized carbons (Fsp3) is 0.917. The molecule has 2 aliphatic rings. The molecule has 2 saturated carbocycles. The van der Waals surface area contributed by atoms with E-state index in [0.717, 1.165) is 23.7 Å². The molecule has 0 aliphatic heterocycles. The molecule has 0 saturated heterocycles. The number of carbonyl (C=O) groups is 1. The van der Waals surface area contributed by atoms with Gasteiger partial charge in [0.25, 0.3) is 0 Å². The molecule has 0 spiro atoms. The second kappa shape index (κ2) is 3.56. The molecular formula is C12H20O2. The molecule has 0 aromatic rings. The van der Waals surface area contributed by atoms with Crippen molar-refractivity contribution in [1.29, 1.82) is 0 Å². The fourth-order valence-corrected chi connectivity index (χ4v) is 3.73. The smallest absolute Gasteiger partial charge is 0.303 e. The Bertz CT molecular complexity index is 234. The average molecular weight is 196 g/mol. The highest BCUT2D eigenvalue weighted by molar-refractivity contribution is 5.67. The predicted molar refractivity (Wildman–Crippen MR) is 54.9 cm³/mol. The molecule has 4 unspecified atom stereocenters. The van der Waals surface area contributed by atoms with Crippen LogP contribution in [-0.2, 0) is 4.79 Å². The zero-order chi connectivity index (χ0) is 10.3. The van der Waals surface area contributed by atoms with Crippen LogP contribution in [0.4, 0.5) is 0 Å². The third-order valence-electron chi connectivity index (χ3n) is 4.35. The van der Waals surface area contributed by atoms with Gasteiger partial charge in [-0.2, -0.15) is 0 Å². The Kier molecular flexibility index (Phi) is 2.54. The molecule has 2 rings (SSSR count). The highest BCUT2D eigenvalue weighted by Gasteiger charge is 2.46. The zero-order valence-electron chi connectivity index (χ0n) is 9.07. The predicted octanol–water partition coefficient (Wildman–Crippen LogP) is 2.78. The number of hydrogen-bond donors (Lipinski definition) is 1. The van der Waals surface area contributed by atoms with Crippen LogP contribution in [0.15, 0.2) is 0 Å². The van der Waals surface area contributed by atoms with Crippen LogP contribution in [0.3, 0.4) is 0 Å². The van der Waals surface area contributed by atoms with E-state index in [-0.39, 0.29) is 0 Å². The van der Waals surface area contributed by atoms with E-state index < -0.39 is 5.97 Å². The van der Waals surface area contributed by atoms with Crippen LogP contribution in [0.25, 0.3) is 0 Å². The molecule has 0 heterocycles. The van der Waals surface area contributed by atoms with Crippen molar-refractivity contribution < 1.29 is 9.90 Å². The first-order valence-electron chi connectivity index (χ1n) is 5.79. The topological polar surface area (TPSA) is 37.3 Å². The van der Waals surface area contributed by atoms with E-state index in [0.29, 0.717) is 12.3 Å². The first-order valence-corrected chi connectivity index (χ1v) is 5.79. The van der Waals surface area contributed by atoms with Gasteiger partial charge < -0.3 is 5.11 Å². The fourth-order valence-electron chi connectivity index (χ4n) is 3.73. The maximum atomic E-state index is 10.6. The summed E-state index contributed by atoms with van der Waals surface area (Å²) in [4.78, 5) is 10.6. The summed E-state index contributed by atoms with van der Waals surface area (Å²) in [5, 5.41) is 8.78. The lowest BCUT2D eigenvalue weighted by Crippen LogP contribution is -2.23. The Balaban J connectivity index is 1.93. The maximum Gasteiger partial charge on any atom is 0.303 e. The summed E-state index contributed by atoms with van der Waals surface area (Å²) in [6.45, 7) is 4.61. The van der Waals surface area contributed by atoms with Crippen LogP contribution in [0.1, 0.15) is 39.5 Å². The van der Waals surface area contributed by atoms with Crippen molar-refractivity contribution in [3.05, 3.63) is 0 Å². The molecule has 2 bridgehead atoms. The van der Waals surface area contributed by atoms with Gasteiger partial charge in [-0.15, -0.1) is 0 Å². The number of rotatable bonds is 3. The van der Waals surface area contributed by atoms with E-state index in [2.05, 4.69) is 13.8 Å². The van der Waals surface area contributed by atoms with Gasteiger partial charge in [0.2, 0.25) is 0 Å². The van der Waals surface area contributed by atoms with E-state index in [9.17, 15) is 4.79 Å². The Morgan fingerprint density at radius 1 is 1.29 bits per heavy atom. The Morgan fingerprint density at radius 3 is 2.43 bits per heavy atom. The van der Waals surface area contributed by atoms with E-state index in [1.54, 1.807) is 0 Å². The van der Waals surface area contributed by atoms with Crippen LogP contribution in [0.5, 0.6) is 0 Å². The van der Waals surface area contributed by atoms with Crippen molar-refractivity contribution in [3.63, 3.8) is 0 Å². The van der Waals surface area contributed by atoms with Crippen molar-refractivity contribution >= 4 is 5.97 Å². The van der Waals surface area contributed by atoms with Crippen LogP contribution in [-0.4, -0.2) is 11.1 Å². The number of fused-ring (bicyclic) bond motifs is 2. The summed E-state index contributed by atoms with van der Waals surface area (Å²) in [5.41, 5.74) is 0. The molecule has 14 heavy (non-hydrogen) atoms. The summed E-state index contributed by atoms with van der Waals surface area (Å²) in [6, 6.07) is 0. The van der Waals surface area contributed by atoms with E-state index in [1.807, 2.05) is 0 Å². The summed E-state index contributed by atoms with van der Waals surface area (Å²) < 4.78 is 0. The molecule has 0 amide bonds. The zero-order valence-corrected chi connectivity index (χ0v) is 9.07. The molecule has 2 heteroatoms. The van der Waals surface area contributed by atoms with Crippen LogP contribution in [0, 0.1) is 29.6 Å². The minimum atomic E-state index is -0.608. The van der Waals surface area contributed by atoms with Crippen LogP contribution in [0.2, 0.25) is 0 Å². The minimum Gasteiger partial charge on any atom is -0.481 e. The van der Waals surface area contributed by atoms with Crippen molar-refractivity contribution in [2.75, 3.05) is 0 Å². The molecular weight excluding hydrogens is 176 g/mol. The summed E-state index contributed by atoms with van der Waals surface area (Å²) in [6.07, 6.45) is 4.19. The molecule has 80 valence electrons. The highest BCUT2D eigenvalue weighted by Crippen LogP contribution is 2.54. The van der Waals surface area contributed by atoms with Gasteiger partial charge in [0.1, 0.15) is 0 Å². The summed E-state index contributed by atoms with van der Waals surface area (Å²) >= 11 is 0. The summed E-state index contributed by atoms with van der Waals surface area (Å²) in [5.74, 6) is 3.12. The lowest BCUT2D eigenvalue weighted by atomic mass is 9.76. The number of carboxylic acid groups (broad SMARTS) is 1. The molecule has 2 aliphatic carbocycles. The molecule has 2 fully saturated rings. The SMILES string of the molecule is CC(C)C1CC2CC1CC2CC(=O)O.